The quantitative estimate of drug-likeness (QED) is 0.601. The van der Waals surface area contributed by atoms with Gasteiger partial charge in [-0.3, -0.25) is 0 Å². The third-order valence-corrected chi connectivity index (χ3v) is 3.66. The average molecular weight is 347 g/mol. The molecule has 1 nitrogen and oxygen atoms in total. The van der Waals surface area contributed by atoms with Gasteiger partial charge in [0.2, 0.25) is 0 Å². The lowest BCUT2D eigenvalue weighted by Gasteiger charge is -2.12. The van der Waals surface area contributed by atoms with Crippen LogP contribution in [0, 0.1) is 11.6 Å². The number of benzene rings is 2. The molecule has 0 amide bonds. The number of rotatable bonds is 4. The van der Waals surface area contributed by atoms with Crippen LogP contribution >= 0.6 is 27.5 Å². The summed E-state index contributed by atoms with van der Waals surface area (Å²) in [5.74, 6) is -0.820. The Hall–Kier alpha value is -1.13. The van der Waals surface area contributed by atoms with Crippen molar-refractivity contribution in [2.45, 2.75) is 12.4 Å². The first-order chi connectivity index (χ1) is 9.13. The Kier molecular flexibility index (Phi) is 4.77. The zero-order valence-electron chi connectivity index (χ0n) is 9.89. The average Bonchev–Trinajstić information content (AvgIpc) is 2.43. The van der Waals surface area contributed by atoms with Gasteiger partial charge in [-0.05, 0) is 39.7 Å². The van der Waals surface area contributed by atoms with Gasteiger partial charge in [-0.2, -0.15) is 0 Å². The first-order valence-corrected chi connectivity index (χ1v) is 6.96. The molecule has 0 radical (unpaired) electrons. The molecular weight excluding hydrogens is 336 g/mol. The van der Waals surface area contributed by atoms with Crippen LogP contribution in [0.15, 0.2) is 40.9 Å². The molecule has 0 fully saturated rings. The topological polar surface area (TPSA) is 12.0 Å². The van der Waals surface area contributed by atoms with E-state index in [1.165, 1.54) is 12.1 Å². The molecule has 5 heteroatoms. The second-order valence-corrected chi connectivity index (χ2v) is 5.09. The van der Waals surface area contributed by atoms with E-state index in [-0.39, 0.29) is 16.6 Å². The Morgan fingerprint density at radius 1 is 1.11 bits per heavy atom. The minimum atomic E-state index is -0.587. The molecule has 0 saturated carbocycles. The summed E-state index contributed by atoms with van der Waals surface area (Å²) in [6.07, 6.45) is 0. The van der Waals surface area contributed by atoms with Crippen molar-refractivity contribution >= 4 is 33.2 Å². The van der Waals surface area contributed by atoms with Crippen molar-refractivity contribution in [3.63, 3.8) is 0 Å². The Morgan fingerprint density at radius 3 is 2.58 bits per heavy atom. The van der Waals surface area contributed by atoms with Crippen LogP contribution < -0.4 is 5.32 Å². The van der Waals surface area contributed by atoms with E-state index in [0.29, 0.717) is 5.88 Å². The summed E-state index contributed by atoms with van der Waals surface area (Å²) < 4.78 is 27.6. The lowest BCUT2D eigenvalue weighted by Crippen LogP contribution is -2.06. The third kappa shape index (κ3) is 3.25. The maximum atomic E-state index is 13.8. The SMILES string of the molecule is Fc1ccc(Br)c(F)c1CNc1ccccc1CCl. The van der Waals surface area contributed by atoms with Gasteiger partial charge in [-0.15, -0.1) is 11.6 Å². The maximum Gasteiger partial charge on any atom is 0.145 e. The molecule has 0 aliphatic carbocycles. The zero-order chi connectivity index (χ0) is 13.8. The Bertz CT molecular complexity index is 590. The molecular formula is C14H11BrClF2N. The number of anilines is 1. The number of para-hydroxylation sites is 1. The van der Waals surface area contributed by atoms with Crippen molar-refractivity contribution in [1.29, 1.82) is 0 Å². The van der Waals surface area contributed by atoms with Crippen LogP contribution in [-0.4, -0.2) is 0 Å². The van der Waals surface area contributed by atoms with Gasteiger partial charge >= 0.3 is 0 Å². The van der Waals surface area contributed by atoms with E-state index in [0.717, 1.165) is 11.3 Å². The predicted molar refractivity (Wildman–Crippen MR) is 77.4 cm³/mol. The molecule has 0 aromatic heterocycles. The van der Waals surface area contributed by atoms with Gasteiger partial charge in [0.15, 0.2) is 0 Å². The fraction of sp³-hybridized carbons (Fsp3) is 0.143. The molecule has 0 atom stereocenters. The van der Waals surface area contributed by atoms with Crippen molar-refractivity contribution in [2.24, 2.45) is 0 Å². The summed E-state index contributed by atoms with van der Waals surface area (Å²) >= 11 is 8.85. The van der Waals surface area contributed by atoms with E-state index < -0.39 is 11.6 Å². The number of halogens is 4. The minimum absolute atomic E-state index is 0.00116. The van der Waals surface area contributed by atoms with Gasteiger partial charge in [-0.25, -0.2) is 8.78 Å². The molecule has 2 aromatic rings. The number of hydrogen-bond donors (Lipinski definition) is 1. The summed E-state index contributed by atoms with van der Waals surface area (Å²) in [6, 6.07) is 9.97. The van der Waals surface area contributed by atoms with Crippen LogP contribution in [0.1, 0.15) is 11.1 Å². The fourth-order valence-corrected chi connectivity index (χ4v) is 2.33. The summed E-state index contributed by atoms with van der Waals surface area (Å²) in [7, 11) is 0. The molecule has 100 valence electrons. The van der Waals surface area contributed by atoms with Crippen molar-refractivity contribution in [1.82, 2.24) is 0 Å². The van der Waals surface area contributed by atoms with Gasteiger partial charge in [0.05, 0.1) is 4.47 Å². The Labute approximate surface area is 123 Å². The monoisotopic (exact) mass is 345 g/mol. The van der Waals surface area contributed by atoms with Crippen LogP contribution in [0.2, 0.25) is 0 Å². The highest BCUT2D eigenvalue weighted by Gasteiger charge is 2.12. The van der Waals surface area contributed by atoms with Gasteiger partial charge in [-0.1, -0.05) is 18.2 Å². The van der Waals surface area contributed by atoms with Crippen molar-refractivity contribution in [2.75, 3.05) is 5.32 Å². The largest absolute Gasteiger partial charge is 0.380 e. The molecule has 0 unspecified atom stereocenters. The molecule has 0 saturated heterocycles. The van der Waals surface area contributed by atoms with Gasteiger partial charge in [0, 0.05) is 23.7 Å². The molecule has 0 bridgehead atoms. The predicted octanol–water partition coefficient (Wildman–Crippen LogP) is 5.08. The summed E-state index contributed by atoms with van der Waals surface area (Å²) in [5, 5.41) is 3.00. The second kappa shape index (κ2) is 6.35. The van der Waals surface area contributed by atoms with E-state index >= 15 is 0 Å². The molecule has 2 aromatic carbocycles. The lowest BCUT2D eigenvalue weighted by molar-refractivity contribution is 0.555. The minimum Gasteiger partial charge on any atom is -0.380 e. The number of alkyl halides is 1. The van der Waals surface area contributed by atoms with Crippen LogP contribution in [0.25, 0.3) is 0 Å². The highest BCUT2D eigenvalue weighted by Crippen LogP contribution is 2.24. The Morgan fingerprint density at radius 2 is 1.84 bits per heavy atom. The van der Waals surface area contributed by atoms with E-state index in [1.54, 1.807) is 0 Å². The number of hydrogen-bond acceptors (Lipinski definition) is 1. The van der Waals surface area contributed by atoms with Gasteiger partial charge < -0.3 is 5.32 Å². The van der Waals surface area contributed by atoms with Gasteiger partial charge in [0.1, 0.15) is 11.6 Å². The Balaban J connectivity index is 2.21. The maximum absolute atomic E-state index is 13.8. The van der Waals surface area contributed by atoms with Gasteiger partial charge in [0.25, 0.3) is 0 Å². The molecule has 0 aliphatic heterocycles. The normalized spacial score (nSPS) is 10.5. The molecule has 2 rings (SSSR count). The van der Waals surface area contributed by atoms with Crippen LogP contribution in [0.4, 0.5) is 14.5 Å². The summed E-state index contributed by atoms with van der Waals surface area (Å²) in [4.78, 5) is 0. The zero-order valence-corrected chi connectivity index (χ0v) is 12.2. The third-order valence-electron chi connectivity index (χ3n) is 2.76. The molecule has 0 heterocycles. The fourth-order valence-electron chi connectivity index (χ4n) is 1.72. The van der Waals surface area contributed by atoms with E-state index in [4.69, 9.17) is 11.6 Å². The van der Waals surface area contributed by atoms with E-state index in [1.807, 2.05) is 24.3 Å². The van der Waals surface area contributed by atoms with Crippen LogP contribution in [0.5, 0.6) is 0 Å². The van der Waals surface area contributed by atoms with Crippen molar-refractivity contribution < 1.29 is 8.78 Å². The first kappa shape index (κ1) is 14.3. The molecule has 1 N–H and O–H groups in total. The molecule has 19 heavy (non-hydrogen) atoms. The first-order valence-electron chi connectivity index (χ1n) is 5.63. The van der Waals surface area contributed by atoms with Crippen molar-refractivity contribution in [3.05, 3.63) is 63.6 Å². The summed E-state index contributed by atoms with van der Waals surface area (Å²) in [6.45, 7) is 0.0605. The highest BCUT2D eigenvalue weighted by atomic mass is 79.9. The lowest BCUT2D eigenvalue weighted by atomic mass is 10.1. The van der Waals surface area contributed by atoms with Crippen LogP contribution in [0.3, 0.4) is 0 Å². The van der Waals surface area contributed by atoms with E-state index in [2.05, 4.69) is 21.2 Å². The van der Waals surface area contributed by atoms with E-state index in [9.17, 15) is 8.78 Å². The summed E-state index contributed by atoms with van der Waals surface area (Å²) in [5.41, 5.74) is 1.66. The number of nitrogens with one attached hydrogen (secondary N) is 1. The van der Waals surface area contributed by atoms with Crippen molar-refractivity contribution in [3.8, 4) is 0 Å². The smallest absolute Gasteiger partial charge is 0.145 e. The molecule has 0 aliphatic rings. The standard InChI is InChI=1S/C14H11BrClF2N/c15-11-5-6-12(17)10(14(11)18)8-19-13-4-2-1-3-9(13)7-16/h1-6,19H,7-8H2. The molecule has 0 spiro atoms. The second-order valence-electron chi connectivity index (χ2n) is 3.97. The van der Waals surface area contributed by atoms with Crippen LogP contribution in [-0.2, 0) is 12.4 Å². The highest BCUT2D eigenvalue weighted by molar-refractivity contribution is 9.10.